The van der Waals surface area contributed by atoms with E-state index >= 15 is 4.39 Å². The van der Waals surface area contributed by atoms with Gasteiger partial charge >= 0.3 is 0 Å². The number of aromatic nitrogens is 5. The van der Waals surface area contributed by atoms with Crippen molar-refractivity contribution in [3.8, 4) is 22.8 Å². The Morgan fingerprint density at radius 3 is 2.82 bits per heavy atom. The van der Waals surface area contributed by atoms with E-state index in [9.17, 15) is 4.79 Å². The first-order chi connectivity index (χ1) is 18.9. The van der Waals surface area contributed by atoms with Gasteiger partial charge in [-0.05, 0) is 42.8 Å². The SMILES string of the molecule is C=CC(=O)Nc1cc(N2CCn3c2c(-c2ccc(Oc4cccc(C)n4)c(F)c2)c2c(N)ncnc23)ccn1. The molecular formula is C28H23FN8O2. The van der Waals surface area contributed by atoms with E-state index in [2.05, 4.69) is 36.7 Å². The van der Waals surface area contributed by atoms with E-state index in [1.807, 2.05) is 23.6 Å². The van der Waals surface area contributed by atoms with Crippen molar-refractivity contribution in [2.45, 2.75) is 13.5 Å². The summed E-state index contributed by atoms with van der Waals surface area (Å²) < 4.78 is 23.2. The van der Waals surface area contributed by atoms with Crippen LogP contribution in [-0.4, -0.2) is 37.0 Å². The van der Waals surface area contributed by atoms with Gasteiger partial charge in [0, 0.05) is 48.4 Å². The van der Waals surface area contributed by atoms with Gasteiger partial charge in [-0.25, -0.2) is 24.3 Å². The number of ether oxygens (including phenoxy) is 1. The van der Waals surface area contributed by atoms with Crippen LogP contribution in [-0.2, 0) is 11.3 Å². The summed E-state index contributed by atoms with van der Waals surface area (Å²) in [4.78, 5) is 31.1. The normalized spacial score (nSPS) is 12.4. The molecule has 5 aromatic rings. The molecule has 0 spiro atoms. The van der Waals surface area contributed by atoms with Crippen LogP contribution in [0.5, 0.6) is 11.6 Å². The Kier molecular flexibility index (Phi) is 5.87. The van der Waals surface area contributed by atoms with Crippen molar-refractivity contribution < 1.29 is 13.9 Å². The lowest BCUT2D eigenvalue weighted by Crippen LogP contribution is -2.15. The minimum Gasteiger partial charge on any atom is -0.436 e. The predicted octanol–water partition coefficient (Wildman–Crippen LogP) is 4.99. The van der Waals surface area contributed by atoms with E-state index in [1.54, 1.807) is 36.5 Å². The van der Waals surface area contributed by atoms with E-state index in [-0.39, 0.29) is 17.5 Å². The second kappa shape index (κ2) is 9.53. The number of rotatable bonds is 6. The van der Waals surface area contributed by atoms with Crippen LogP contribution in [0.15, 0.2) is 73.7 Å². The molecule has 5 heterocycles. The molecular weight excluding hydrogens is 499 g/mol. The molecule has 0 aliphatic carbocycles. The Bertz CT molecular complexity index is 1770. The molecule has 1 amide bonds. The lowest BCUT2D eigenvalue weighted by Gasteiger charge is -2.20. The van der Waals surface area contributed by atoms with Crippen LogP contribution in [0.25, 0.3) is 22.2 Å². The number of carbonyl (C=O) groups excluding carboxylic acids is 1. The zero-order valence-corrected chi connectivity index (χ0v) is 20.9. The number of nitrogens with one attached hydrogen (secondary N) is 1. The standard InChI is InChI=1S/C28H23FN8O2/c1-3-22(38)35-21-14-18(9-10-31-21)36-11-12-37-27-25(26(30)32-15-33-27)24(28(36)37)17-7-8-20(19(29)13-17)39-23-6-4-5-16(2)34-23/h3-10,13-15H,1,11-12H2,2H3,(H2,30,32,33)(H,31,35,38). The quantitative estimate of drug-likeness (QED) is 0.299. The highest BCUT2D eigenvalue weighted by molar-refractivity contribution is 6.08. The average Bonchev–Trinajstić information content (AvgIpc) is 3.49. The molecule has 4 aromatic heterocycles. The molecule has 0 saturated heterocycles. The third-order valence-corrected chi connectivity index (χ3v) is 6.43. The molecule has 3 N–H and O–H groups in total. The Morgan fingerprint density at radius 2 is 2.03 bits per heavy atom. The van der Waals surface area contributed by atoms with Crippen molar-refractivity contribution in [3.05, 3.63) is 85.2 Å². The fourth-order valence-corrected chi connectivity index (χ4v) is 4.76. The Hall–Kier alpha value is -5.32. The summed E-state index contributed by atoms with van der Waals surface area (Å²) in [7, 11) is 0. The van der Waals surface area contributed by atoms with Crippen molar-refractivity contribution in [1.29, 1.82) is 0 Å². The lowest BCUT2D eigenvalue weighted by molar-refractivity contribution is -0.111. The Morgan fingerprint density at radius 1 is 1.15 bits per heavy atom. The number of fused-ring (bicyclic) bond motifs is 3. The number of halogens is 1. The minimum absolute atomic E-state index is 0.0508. The van der Waals surface area contributed by atoms with E-state index in [0.29, 0.717) is 46.9 Å². The molecule has 1 aliphatic rings. The summed E-state index contributed by atoms with van der Waals surface area (Å²) >= 11 is 0. The van der Waals surface area contributed by atoms with Crippen LogP contribution in [0.1, 0.15) is 5.69 Å². The van der Waals surface area contributed by atoms with E-state index < -0.39 is 5.82 Å². The van der Waals surface area contributed by atoms with Gasteiger partial charge in [0.05, 0.1) is 5.39 Å². The van der Waals surface area contributed by atoms with Crippen LogP contribution in [0.3, 0.4) is 0 Å². The van der Waals surface area contributed by atoms with Gasteiger partial charge in [0.15, 0.2) is 11.6 Å². The monoisotopic (exact) mass is 522 g/mol. The Labute approximate surface area is 222 Å². The zero-order chi connectivity index (χ0) is 27.1. The maximum Gasteiger partial charge on any atom is 0.248 e. The third-order valence-electron chi connectivity index (χ3n) is 6.43. The molecule has 6 rings (SSSR count). The van der Waals surface area contributed by atoms with Gasteiger partial charge in [0.2, 0.25) is 11.8 Å². The van der Waals surface area contributed by atoms with Crippen molar-refractivity contribution in [2.75, 3.05) is 22.5 Å². The van der Waals surface area contributed by atoms with Crippen LogP contribution in [0.2, 0.25) is 0 Å². The zero-order valence-electron chi connectivity index (χ0n) is 20.9. The highest BCUT2D eigenvalue weighted by Gasteiger charge is 2.31. The number of aryl methyl sites for hydroxylation is 1. The fourth-order valence-electron chi connectivity index (χ4n) is 4.76. The van der Waals surface area contributed by atoms with Gasteiger partial charge in [-0.1, -0.05) is 18.7 Å². The second-order valence-corrected chi connectivity index (χ2v) is 8.92. The van der Waals surface area contributed by atoms with Gasteiger partial charge in [0.25, 0.3) is 0 Å². The van der Waals surface area contributed by atoms with Crippen molar-refractivity contribution in [3.63, 3.8) is 0 Å². The number of carbonyl (C=O) groups is 1. The number of nitrogens with two attached hydrogens (primary N) is 1. The maximum absolute atomic E-state index is 15.4. The van der Waals surface area contributed by atoms with Crippen LogP contribution >= 0.6 is 0 Å². The number of nitrogen functional groups attached to an aromatic ring is 1. The first-order valence-electron chi connectivity index (χ1n) is 12.1. The lowest BCUT2D eigenvalue weighted by atomic mass is 10.0. The predicted molar refractivity (Wildman–Crippen MR) is 146 cm³/mol. The maximum atomic E-state index is 15.4. The minimum atomic E-state index is -0.554. The van der Waals surface area contributed by atoms with Crippen LogP contribution < -0.4 is 20.7 Å². The molecule has 0 bridgehead atoms. The van der Waals surface area contributed by atoms with Gasteiger partial charge in [-0.2, -0.15) is 0 Å². The van der Waals surface area contributed by atoms with Gasteiger partial charge < -0.3 is 25.3 Å². The van der Waals surface area contributed by atoms with Gasteiger partial charge in [-0.3, -0.25) is 4.79 Å². The van der Waals surface area contributed by atoms with Crippen molar-refractivity contribution >= 4 is 40.1 Å². The highest BCUT2D eigenvalue weighted by Crippen LogP contribution is 2.47. The summed E-state index contributed by atoms with van der Waals surface area (Å²) in [6.07, 6.45) is 4.20. The summed E-state index contributed by atoms with van der Waals surface area (Å²) in [6, 6.07) is 13.7. The molecule has 10 nitrogen and oxygen atoms in total. The van der Waals surface area contributed by atoms with Gasteiger partial charge in [-0.15, -0.1) is 0 Å². The number of hydrogen-bond acceptors (Lipinski definition) is 8. The summed E-state index contributed by atoms with van der Waals surface area (Å²) in [5.41, 5.74) is 9.80. The number of benzene rings is 1. The number of anilines is 4. The van der Waals surface area contributed by atoms with Crippen molar-refractivity contribution in [2.24, 2.45) is 0 Å². The van der Waals surface area contributed by atoms with E-state index in [4.69, 9.17) is 10.5 Å². The summed E-state index contributed by atoms with van der Waals surface area (Å²) in [5, 5.41) is 3.31. The molecule has 1 aromatic carbocycles. The topological polar surface area (TPSA) is 124 Å². The molecule has 39 heavy (non-hydrogen) atoms. The van der Waals surface area contributed by atoms with E-state index in [1.165, 1.54) is 18.5 Å². The van der Waals surface area contributed by atoms with Gasteiger partial charge in [0.1, 0.15) is 29.4 Å². The first kappa shape index (κ1) is 24.0. The fraction of sp³-hybridized carbons (Fsp3) is 0.107. The molecule has 0 saturated carbocycles. The summed E-state index contributed by atoms with van der Waals surface area (Å²) in [6.45, 7) is 6.55. The number of amides is 1. The summed E-state index contributed by atoms with van der Waals surface area (Å²) in [5.74, 6) is 0.880. The van der Waals surface area contributed by atoms with Crippen LogP contribution in [0, 0.1) is 12.7 Å². The number of nitrogens with zero attached hydrogens (tertiary/aromatic N) is 6. The smallest absolute Gasteiger partial charge is 0.248 e. The molecule has 0 atom stereocenters. The van der Waals surface area contributed by atoms with Crippen LogP contribution in [0.4, 0.5) is 27.5 Å². The second-order valence-electron chi connectivity index (χ2n) is 8.92. The highest BCUT2D eigenvalue weighted by atomic mass is 19.1. The molecule has 11 heteroatoms. The third kappa shape index (κ3) is 4.29. The molecule has 194 valence electrons. The average molecular weight is 523 g/mol. The largest absolute Gasteiger partial charge is 0.436 e. The first-order valence-corrected chi connectivity index (χ1v) is 12.1. The molecule has 0 unspecified atom stereocenters. The Balaban J connectivity index is 1.47. The number of pyridine rings is 2. The molecule has 0 radical (unpaired) electrons. The molecule has 1 aliphatic heterocycles. The van der Waals surface area contributed by atoms with E-state index in [0.717, 1.165) is 17.2 Å². The number of hydrogen-bond donors (Lipinski definition) is 2. The molecule has 0 fully saturated rings. The van der Waals surface area contributed by atoms with Crippen molar-refractivity contribution in [1.82, 2.24) is 24.5 Å².